The van der Waals surface area contributed by atoms with Crippen molar-refractivity contribution in [2.75, 3.05) is 51.8 Å². The molecule has 1 N–H and O–H groups in total. The lowest BCUT2D eigenvalue weighted by atomic mass is 10.2. The normalized spacial score (nSPS) is 14.7. The largest absolute Gasteiger partial charge is 0.383 e. The first-order valence-corrected chi connectivity index (χ1v) is 12.5. The van der Waals surface area contributed by atoms with Gasteiger partial charge in [-0.1, -0.05) is 0 Å². The van der Waals surface area contributed by atoms with Crippen molar-refractivity contribution in [3.8, 4) is 6.07 Å². The highest BCUT2D eigenvalue weighted by Crippen LogP contribution is 2.29. The van der Waals surface area contributed by atoms with E-state index in [1.807, 2.05) is 6.07 Å². The topological polar surface area (TPSA) is 158 Å². The Labute approximate surface area is 207 Å². The molecule has 3 aromatic rings. The number of non-ortho nitro benzene ring substituents is 1. The van der Waals surface area contributed by atoms with Gasteiger partial charge in [0.2, 0.25) is 0 Å². The van der Waals surface area contributed by atoms with Crippen molar-refractivity contribution >= 4 is 33.1 Å². The molecule has 36 heavy (non-hydrogen) atoms. The molecule has 1 fully saturated rings. The summed E-state index contributed by atoms with van der Waals surface area (Å²) in [5.74, 6) is 0. The van der Waals surface area contributed by atoms with Gasteiger partial charge in [-0.05, 0) is 18.2 Å². The summed E-state index contributed by atoms with van der Waals surface area (Å²) in [4.78, 5) is 12.6. The zero-order valence-corrected chi connectivity index (χ0v) is 20.3. The van der Waals surface area contributed by atoms with Gasteiger partial charge in [-0.2, -0.15) is 28.3 Å². The summed E-state index contributed by atoms with van der Waals surface area (Å²) >= 11 is 0. The van der Waals surface area contributed by atoms with Crippen molar-refractivity contribution in [3.05, 3.63) is 64.0 Å². The summed E-state index contributed by atoms with van der Waals surface area (Å²) in [5, 5.41) is 31.8. The number of benzene rings is 1. The Morgan fingerprint density at radius 2 is 2.11 bits per heavy atom. The Hall–Kier alpha value is -4.06. The first-order valence-electron chi connectivity index (χ1n) is 11.0. The first-order chi connectivity index (χ1) is 17.3. The number of ether oxygens (including phenoxy) is 1. The van der Waals surface area contributed by atoms with Crippen LogP contribution in [0.25, 0.3) is 5.52 Å². The van der Waals surface area contributed by atoms with Crippen LogP contribution in [0.5, 0.6) is 0 Å². The van der Waals surface area contributed by atoms with Crippen LogP contribution in [-0.4, -0.2) is 84.9 Å². The van der Waals surface area contributed by atoms with Crippen molar-refractivity contribution in [2.45, 2.75) is 4.90 Å². The average molecular weight is 513 g/mol. The zero-order chi connectivity index (χ0) is 25.7. The van der Waals surface area contributed by atoms with Crippen molar-refractivity contribution in [3.63, 3.8) is 0 Å². The highest BCUT2D eigenvalue weighted by molar-refractivity contribution is 7.89. The number of rotatable bonds is 9. The highest BCUT2D eigenvalue weighted by Gasteiger charge is 2.26. The third-order valence-corrected chi connectivity index (χ3v) is 7.37. The number of sulfonamides is 1. The van der Waals surface area contributed by atoms with Crippen molar-refractivity contribution in [1.29, 1.82) is 5.26 Å². The van der Waals surface area contributed by atoms with Crippen molar-refractivity contribution < 1.29 is 18.1 Å². The molecule has 1 saturated heterocycles. The molecule has 1 aromatic carbocycles. The zero-order valence-electron chi connectivity index (χ0n) is 19.4. The number of hydrogen-bond donors (Lipinski definition) is 1. The third-order valence-electron chi connectivity index (χ3n) is 5.69. The summed E-state index contributed by atoms with van der Waals surface area (Å²) in [6.45, 7) is 3.95. The van der Waals surface area contributed by atoms with Crippen LogP contribution in [0.15, 0.2) is 52.7 Å². The summed E-state index contributed by atoms with van der Waals surface area (Å²) in [7, 11) is -3.00. The number of nitriles is 1. The number of anilines is 1. The van der Waals surface area contributed by atoms with E-state index in [2.05, 4.69) is 20.4 Å². The maximum absolute atomic E-state index is 13.4. The van der Waals surface area contributed by atoms with Gasteiger partial charge in [0.15, 0.2) is 0 Å². The van der Waals surface area contributed by atoms with Crippen LogP contribution in [0, 0.1) is 21.4 Å². The molecule has 0 unspecified atom stereocenters. The first kappa shape index (κ1) is 25.0. The minimum absolute atomic E-state index is 0.241. The molecule has 0 spiro atoms. The molecule has 0 bridgehead atoms. The summed E-state index contributed by atoms with van der Waals surface area (Å²) < 4.78 is 34.4. The van der Waals surface area contributed by atoms with Crippen LogP contribution >= 0.6 is 0 Å². The number of fused-ring (bicyclic) bond motifs is 1. The predicted octanol–water partition coefficient (Wildman–Crippen LogP) is 1.51. The van der Waals surface area contributed by atoms with Crippen LogP contribution < -0.4 is 5.32 Å². The van der Waals surface area contributed by atoms with E-state index in [4.69, 9.17) is 10.00 Å². The molecule has 13 nitrogen and oxygen atoms in total. The number of nitro groups is 1. The minimum atomic E-state index is -4.24. The van der Waals surface area contributed by atoms with Crippen LogP contribution in [0.1, 0.15) is 11.1 Å². The average Bonchev–Trinajstić information content (AvgIpc) is 3.29. The fourth-order valence-corrected chi connectivity index (χ4v) is 4.82. The molecule has 0 atom stereocenters. The molecular weight excluding hydrogens is 488 g/mol. The standard InChI is InChI=1S/C22H24N8O5S/c1-27(25-15-18-16-26-29-6-4-17(14-23)12-21(18)29)36(33,34)22-13-19(30(31)32)2-3-20(22)24-5-7-28-8-10-35-11-9-28/h2-4,6,12-13,15-16,24H,5,7-11H2,1H3. The molecule has 4 rings (SSSR count). The maximum Gasteiger partial charge on any atom is 0.281 e. The fourth-order valence-electron chi connectivity index (χ4n) is 3.67. The second-order valence-electron chi connectivity index (χ2n) is 7.96. The molecule has 14 heteroatoms. The highest BCUT2D eigenvalue weighted by atomic mass is 32.2. The molecule has 3 heterocycles. The Morgan fingerprint density at radius 1 is 1.33 bits per heavy atom. The molecule has 1 aliphatic heterocycles. The van der Waals surface area contributed by atoms with E-state index in [9.17, 15) is 18.5 Å². The van der Waals surface area contributed by atoms with Gasteiger partial charge in [-0.15, -0.1) is 0 Å². The smallest absolute Gasteiger partial charge is 0.281 e. The Kier molecular flexibility index (Phi) is 7.44. The van der Waals surface area contributed by atoms with Gasteiger partial charge >= 0.3 is 0 Å². The summed E-state index contributed by atoms with van der Waals surface area (Å²) in [5.41, 5.74) is 1.38. The fraction of sp³-hybridized carbons (Fsp3) is 0.318. The van der Waals surface area contributed by atoms with Crippen LogP contribution in [0.3, 0.4) is 0 Å². The number of morpholine rings is 1. The minimum Gasteiger partial charge on any atom is -0.383 e. The van der Waals surface area contributed by atoms with Crippen LogP contribution in [0.2, 0.25) is 0 Å². The van der Waals surface area contributed by atoms with E-state index in [0.717, 1.165) is 23.6 Å². The quantitative estimate of drug-likeness (QED) is 0.255. The number of aromatic nitrogens is 2. The van der Waals surface area contributed by atoms with Gasteiger partial charge in [-0.3, -0.25) is 15.0 Å². The van der Waals surface area contributed by atoms with Crippen molar-refractivity contribution in [1.82, 2.24) is 18.9 Å². The maximum atomic E-state index is 13.4. The van der Waals surface area contributed by atoms with Gasteiger partial charge in [0, 0.05) is 57.1 Å². The van der Waals surface area contributed by atoms with Crippen LogP contribution in [0.4, 0.5) is 11.4 Å². The van der Waals surface area contributed by atoms with Crippen LogP contribution in [-0.2, 0) is 14.8 Å². The third kappa shape index (κ3) is 5.43. The second-order valence-corrected chi connectivity index (χ2v) is 9.88. The van der Waals surface area contributed by atoms with Gasteiger partial charge in [0.1, 0.15) is 4.90 Å². The number of nitrogens with one attached hydrogen (secondary N) is 1. The van der Waals surface area contributed by atoms with E-state index >= 15 is 0 Å². The lowest BCUT2D eigenvalue weighted by Gasteiger charge is -2.26. The van der Waals surface area contributed by atoms with E-state index in [1.54, 1.807) is 18.3 Å². The van der Waals surface area contributed by atoms with E-state index < -0.39 is 14.9 Å². The molecule has 188 valence electrons. The van der Waals surface area contributed by atoms with E-state index in [-0.39, 0.29) is 16.3 Å². The Morgan fingerprint density at radius 3 is 2.83 bits per heavy atom. The number of hydrazone groups is 1. The van der Waals surface area contributed by atoms with E-state index in [1.165, 1.54) is 36.1 Å². The van der Waals surface area contributed by atoms with Gasteiger partial charge < -0.3 is 10.1 Å². The van der Waals surface area contributed by atoms with E-state index in [0.29, 0.717) is 42.9 Å². The summed E-state index contributed by atoms with van der Waals surface area (Å²) in [6.07, 6.45) is 4.42. The molecule has 0 amide bonds. The SMILES string of the molecule is CN(N=Cc1cnn2ccc(C#N)cc12)S(=O)(=O)c1cc([N+](=O)[O-])ccc1NCCN1CCOCC1. The van der Waals surface area contributed by atoms with Gasteiger partial charge in [-0.25, -0.2) is 4.52 Å². The Bertz CT molecular complexity index is 1440. The summed E-state index contributed by atoms with van der Waals surface area (Å²) in [6, 6.07) is 8.92. The number of nitro benzene ring substituents is 1. The monoisotopic (exact) mass is 512 g/mol. The van der Waals surface area contributed by atoms with Gasteiger partial charge in [0.05, 0.1) is 53.4 Å². The predicted molar refractivity (Wildman–Crippen MR) is 131 cm³/mol. The molecule has 1 aliphatic rings. The molecule has 0 saturated carbocycles. The second kappa shape index (κ2) is 10.7. The number of pyridine rings is 1. The molecular formula is C22H24N8O5S. The lowest BCUT2D eigenvalue weighted by Crippen LogP contribution is -2.39. The van der Waals surface area contributed by atoms with Crippen molar-refractivity contribution in [2.24, 2.45) is 5.10 Å². The molecule has 0 radical (unpaired) electrons. The lowest BCUT2D eigenvalue weighted by molar-refractivity contribution is -0.385. The number of nitrogens with zero attached hydrogens (tertiary/aromatic N) is 7. The van der Waals surface area contributed by atoms with Gasteiger partial charge in [0.25, 0.3) is 15.7 Å². The molecule has 2 aromatic heterocycles. The number of hydrogen-bond acceptors (Lipinski definition) is 10. The Balaban J connectivity index is 1.58. The molecule has 0 aliphatic carbocycles.